The van der Waals surface area contributed by atoms with Crippen molar-refractivity contribution in [1.82, 2.24) is 4.90 Å². The number of hydrogen-bond donors (Lipinski definition) is 0. The van der Waals surface area contributed by atoms with Crippen LogP contribution in [0.25, 0.3) is 0 Å². The van der Waals surface area contributed by atoms with Crippen molar-refractivity contribution >= 4 is 11.9 Å². The van der Waals surface area contributed by atoms with Crippen LogP contribution in [-0.2, 0) is 19.1 Å². The summed E-state index contributed by atoms with van der Waals surface area (Å²) in [5, 5.41) is 0. The van der Waals surface area contributed by atoms with Crippen LogP contribution in [0.1, 0.15) is 32.4 Å². The van der Waals surface area contributed by atoms with E-state index < -0.39 is 17.4 Å². The highest BCUT2D eigenvalue weighted by Crippen LogP contribution is 2.53. The standard InChI is InChI=1S/C21H25NO4/c1-13(2)11-25-20(24)17-16-9-10-21(26-16)12-22(19(23)18(17)21)14(3)15-7-5-4-6-8-15/h4-10,13-14,16-18H,11-12H2,1-3H3/t14-,16-,17+,18+,21-/m1/s1. The smallest absolute Gasteiger partial charge is 0.312 e. The van der Waals surface area contributed by atoms with Crippen LogP contribution in [-0.4, -0.2) is 41.6 Å². The van der Waals surface area contributed by atoms with Crippen LogP contribution in [0.3, 0.4) is 0 Å². The van der Waals surface area contributed by atoms with Gasteiger partial charge in [-0.25, -0.2) is 0 Å². The number of ether oxygens (including phenoxy) is 2. The van der Waals surface area contributed by atoms with E-state index in [1.54, 1.807) is 0 Å². The molecule has 2 bridgehead atoms. The van der Waals surface area contributed by atoms with E-state index in [-0.39, 0.29) is 29.9 Å². The zero-order valence-corrected chi connectivity index (χ0v) is 15.4. The maximum absolute atomic E-state index is 13.2. The zero-order valence-electron chi connectivity index (χ0n) is 15.4. The lowest BCUT2D eigenvalue weighted by atomic mass is 9.77. The van der Waals surface area contributed by atoms with Crippen molar-refractivity contribution in [2.75, 3.05) is 13.2 Å². The van der Waals surface area contributed by atoms with Gasteiger partial charge in [-0.1, -0.05) is 56.3 Å². The van der Waals surface area contributed by atoms with Crippen molar-refractivity contribution in [3.63, 3.8) is 0 Å². The van der Waals surface area contributed by atoms with Gasteiger partial charge in [0.05, 0.1) is 31.2 Å². The molecule has 2 saturated heterocycles. The monoisotopic (exact) mass is 355 g/mol. The highest BCUT2D eigenvalue weighted by Gasteiger charge is 2.67. The van der Waals surface area contributed by atoms with Crippen LogP contribution in [0.15, 0.2) is 42.5 Å². The van der Waals surface area contributed by atoms with E-state index >= 15 is 0 Å². The number of benzene rings is 1. The van der Waals surface area contributed by atoms with E-state index in [1.165, 1.54) is 0 Å². The third-order valence-electron chi connectivity index (χ3n) is 5.71. The molecule has 1 spiro atoms. The van der Waals surface area contributed by atoms with Crippen LogP contribution in [0, 0.1) is 17.8 Å². The normalized spacial score (nSPS) is 33.0. The molecule has 0 aromatic heterocycles. The summed E-state index contributed by atoms with van der Waals surface area (Å²) < 4.78 is 11.6. The summed E-state index contributed by atoms with van der Waals surface area (Å²) in [5.41, 5.74) is 0.390. The van der Waals surface area contributed by atoms with Gasteiger partial charge in [-0.05, 0) is 18.4 Å². The number of fused-ring (bicyclic) bond motifs is 1. The molecule has 3 aliphatic heterocycles. The predicted molar refractivity (Wildman–Crippen MR) is 96.1 cm³/mol. The lowest BCUT2D eigenvalue weighted by Crippen LogP contribution is -2.40. The van der Waals surface area contributed by atoms with Crippen molar-refractivity contribution in [3.05, 3.63) is 48.0 Å². The largest absolute Gasteiger partial charge is 0.465 e. The van der Waals surface area contributed by atoms with Gasteiger partial charge in [0.2, 0.25) is 5.91 Å². The van der Waals surface area contributed by atoms with Gasteiger partial charge in [-0.3, -0.25) is 9.59 Å². The zero-order chi connectivity index (χ0) is 18.5. The second-order valence-electron chi connectivity index (χ2n) is 7.98. The van der Waals surface area contributed by atoms with Gasteiger partial charge in [-0.2, -0.15) is 0 Å². The van der Waals surface area contributed by atoms with E-state index in [0.29, 0.717) is 13.2 Å². The average Bonchev–Trinajstić information content (AvgIpc) is 3.28. The number of carbonyl (C=O) groups is 2. The molecule has 0 radical (unpaired) electrons. The molecule has 5 atom stereocenters. The Kier molecular flexibility index (Phi) is 4.14. The molecule has 26 heavy (non-hydrogen) atoms. The van der Waals surface area contributed by atoms with Crippen molar-refractivity contribution in [2.24, 2.45) is 17.8 Å². The Balaban J connectivity index is 1.58. The SMILES string of the molecule is CC(C)COC(=O)[C@@H]1[C@H]2C(=O)N([C@H](C)c3ccccc3)C[C@]23C=C[C@H]1O3. The second-order valence-corrected chi connectivity index (χ2v) is 7.98. The molecule has 5 nitrogen and oxygen atoms in total. The Bertz CT molecular complexity index is 744. The number of nitrogens with zero attached hydrogens (tertiary/aromatic N) is 1. The molecule has 2 fully saturated rings. The molecule has 1 aromatic rings. The van der Waals surface area contributed by atoms with Crippen molar-refractivity contribution in [1.29, 1.82) is 0 Å². The Morgan fingerprint density at radius 3 is 2.73 bits per heavy atom. The van der Waals surface area contributed by atoms with Gasteiger partial charge >= 0.3 is 5.97 Å². The Morgan fingerprint density at radius 1 is 1.31 bits per heavy atom. The first kappa shape index (κ1) is 17.3. The van der Waals surface area contributed by atoms with E-state index in [0.717, 1.165) is 5.56 Å². The summed E-state index contributed by atoms with van der Waals surface area (Å²) in [6.45, 7) is 6.86. The van der Waals surface area contributed by atoms with Crippen molar-refractivity contribution in [2.45, 2.75) is 38.5 Å². The fourth-order valence-corrected chi connectivity index (χ4v) is 4.38. The van der Waals surface area contributed by atoms with Crippen LogP contribution in [0.5, 0.6) is 0 Å². The van der Waals surface area contributed by atoms with E-state index in [9.17, 15) is 9.59 Å². The second kappa shape index (κ2) is 6.23. The molecule has 138 valence electrons. The Hall–Kier alpha value is -2.14. The van der Waals surface area contributed by atoms with Crippen molar-refractivity contribution < 1.29 is 19.1 Å². The highest BCUT2D eigenvalue weighted by atomic mass is 16.6. The lowest BCUT2D eigenvalue weighted by molar-refractivity contribution is -0.155. The first-order valence-corrected chi connectivity index (χ1v) is 9.32. The number of hydrogen-bond acceptors (Lipinski definition) is 4. The van der Waals surface area contributed by atoms with Gasteiger partial charge in [0.25, 0.3) is 0 Å². The molecule has 0 saturated carbocycles. The fourth-order valence-electron chi connectivity index (χ4n) is 4.38. The van der Waals surface area contributed by atoms with Crippen molar-refractivity contribution in [3.8, 4) is 0 Å². The highest BCUT2D eigenvalue weighted by molar-refractivity contribution is 5.91. The molecular weight excluding hydrogens is 330 g/mol. The molecular formula is C21H25NO4. The topological polar surface area (TPSA) is 55.8 Å². The first-order valence-electron chi connectivity index (χ1n) is 9.32. The first-order chi connectivity index (χ1) is 12.4. The summed E-state index contributed by atoms with van der Waals surface area (Å²) in [4.78, 5) is 27.7. The maximum Gasteiger partial charge on any atom is 0.312 e. The van der Waals surface area contributed by atoms with Crippen LogP contribution >= 0.6 is 0 Å². The summed E-state index contributed by atoms with van der Waals surface area (Å²) in [7, 11) is 0. The fraction of sp³-hybridized carbons (Fsp3) is 0.524. The number of amides is 1. The molecule has 3 aliphatic rings. The van der Waals surface area contributed by atoms with Gasteiger partial charge < -0.3 is 14.4 Å². The molecule has 0 N–H and O–H groups in total. The van der Waals surface area contributed by atoms with E-state index in [1.807, 2.05) is 68.2 Å². The van der Waals surface area contributed by atoms with E-state index in [2.05, 4.69) is 0 Å². The summed E-state index contributed by atoms with van der Waals surface area (Å²) in [6.07, 6.45) is 3.55. The van der Waals surface area contributed by atoms with Gasteiger partial charge in [0, 0.05) is 0 Å². The van der Waals surface area contributed by atoms with Gasteiger partial charge in [0.15, 0.2) is 0 Å². The third kappa shape index (κ3) is 2.57. The summed E-state index contributed by atoms with van der Waals surface area (Å²) in [6, 6.07) is 9.88. The lowest BCUT2D eigenvalue weighted by Gasteiger charge is -2.27. The minimum Gasteiger partial charge on any atom is -0.465 e. The summed E-state index contributed by atoms with van der Waals surface area (Å²) in [5.74, 6) is -1.10. The van der Waals surface area contributed by atoms with Crippen LogP contribution < -0.4 is 0 Å². The van der Waals surface area contributed by atoms with Gasteiger partial charge in [-0.15, -0.1) is 0 Å². The summed E-state index contributed by atoms with van der Waals surface area (Å²) >= 11 is 0. The molecule has 0 unspecified atom stereocenters. The number of carbonyl (C=O) groups excluding carboxylic acids is 2. The molecule has 3 heterocycles. The Morgan fingerprint density at radius 2 is 2.04 bits per heavy atom. The molecule has 5 heteroatoms. The minimum atomic E-state index is -0.688. The average molecular weight is 355 g/mol. The Labute approximate surface area is 154 Å². The minimum absolute atomic E-state index is 0.0142. The number of rotatable bonds is 5. The quantitative estimate of drug-likeness (QED) is 0.602. The molecule has 1 amide bonds. The molecule has 1 aromatic carbocycles. The number of esters is 1. The molecule has 4 rings (SSSR count). The number of likely N-dealkylation sites (tertiary alicyclic amines) is 1. The maximum atomic E-state index is 13.2. The van der Waals surface area contributed by atoms with Crippen LogP contribution in [0.4, 0.5) is 0 Å². The third-order valence-corrected chi connectivity index (χ3v) is 5.71. The predicted octanol–water partition coefficient (Wildman–Crippen LogP) is 2.73. The van der Waals surface area contributed by atoms with E-state index in [4.69, 9.17) is 9.47 Å². The van der Waals surface area contributed by atoms with Crippen LogP contribution in [0.2, 0.25) is 0 Å². The molecule has 0 aliphatic carbocycles. The van der Waals surface area contributed by atoms with Gasteiger partial charge in [0.1, 0.15) is 11.5 Å².